The third kappa shape index (κ3) is 13.0. The molecule has 0 aliphatic carbocycles. The minimum Gasteiger partial charge on any atom is -0.462 e. The van der Waals surface area contributed by atoms with Gasteiger partial charge in [-0.2, -0.15) is 0 Å². The normalized spacial score (nSPS) is 31.2. The first-order chi connectivity index (χ1) is 31.1. The van der Waals surface area contributed by atoms with E-state index in [-0.39, 0.29) is 18.8 Å². The Morgan fingerprint density at radius 2 is 1.72 bits per heavy atom. The number of hydrogen-bond donors (Lipinski definition) is 4. The van der Waals surface area contributed by atoms with Crippen molar-refractivity contribution in [1.29, 1.82) is 0 Å². The molecule has 0 radical (unpaired) electrons. The van der Waals surface area contributed by atoms with Gasteiger partial charge in [-0.3, -0.25) is 19.5 Å². The van der Waals surface area contributed by atoms with E-state index in [0.29, 0.717) is 38.9 Å². The van der Waals surface area contributed by atoms with Crippen LogP contribution in [0.4, 0.5) is 0 Å². The fraction of sp³-hybridized carbons (Fsp3) is 0.540. The Morgan fingerprint density at radius 1 is 0.954 bits per heavy atom. The van der Waals surface area contributed by atoms with Gasteiger partial charge in [0.2, 0.25) is 0 Å². The number of hydrogen-bond acceptors (Lipinski definition) is 14. The number of carbonyl (C=O) groups is 2. The van der Waals surface area contributed by atoms with Crippen molar-refractivity contribution in [3.8, 4) is 5.69 Å². The number of aliphatic hydroxyl groups excluding tert-OH is 4. The second-order valence-electron chi connectivity index (χ2n) is 18.2. The summed E-state index contributed by atoms with van der Waals surface area (Å²) in [6.07, 6.45) is 2.65. The van der Waals surface area contributed by atoms with Crippen molar-refractivity contribution in [2.24, 2.45) is 23.7 Å². The van der Waals surface area contributed by atoms with E-state index in [4.69, 9.17) is 14.2 Å². The van der Waals surface area contributed by atoms with E-state index >= 15 is 0 Å². The second-order valence-corrected chi connectivity index (χ2v) is 18.2. The number of carbonyl (C=O) groups excluding carboxylic acids is 2. The van der Waals surface area contributed by atoms with Gasteiger partial charge in [0, 0.05) is 42.4 Å². The number of ketones is 1. The molecule has 352 valence electrons. The monoisotopic (exact) mass is 897 g/mol. The van der Waals surface area contributed by atoms with Gasteiger partial charge in [0.15, 0.2) is 12.1 Å². The standard InChI is InChI=1S/C50H68N6O9/c1-8-44-38(30-57)23-31(2)16-19-42(58)32(3)24-37(49(33(4)43(59)26-45(60)64-44)65-50-48(62)46(54(6)7)47(61)34(5)63-50)20-22-55(27-35-13-10-9-11-14-35)28-39-29-56(53-52-39)40-17-18-41-36(25-40)15-12-21-51-41/h9-19,21,23,25,29,32-34,37-38,43-44,46-50,57,59,61-62H,8,20,22,24,26-28,30H2,1-7H3/b19-16+,31-23+/t32-,33+,34-,37+,38-,43-,44-,46?,47-,48?,49-,50+/m1/s1. The Hall–Kier alpha value is -4.71. The lowest BCUT2D eigenvalue weighted by Gasteiger charge is -2.46. The van der Waals surface area contributed by atoms with Crippen molar-refractivity contribution >= 4 is 22.7 Å². The molecule has 2 aromatic carbocycles. The topological polar surface area (TPSA) is 193 Å². The van der Waals surface area contributed by atoms with Crippen molar-refractivity contribution < 1.29 is 44.2 Å². The van der Waals surface area contributed by atoms with Crippen LogP contribution in [0, 0.1) is 23.7 Å². The largest absolute Gasteiger partial charge is 0.462 e. The molecule has 1 fully saturated rings. The van der Waals surface area contributed by atoms with Gasteiger partial charge in [0.25, 0.3) is 0 Å². The summed E-state index contributed by atoms with van der Waals surface area (Å²) in [7, 11) is 3.53. The second kappa shape index (κ2) is 23.1. The highest BCUT2D eigenvalue weighted by molar-refractivity contribution is 5.91. The first-order valence-corrected chi connectivity index (χ1v) is 22.9. The molecule has 2 unspecified atom stereocenters. The number of pyridine rings is 1. The van der Waals surface area contributed by atoms with Crippen molar-refractivity contribution in [1.82, 2.24) is 29.8 Å². The molecule has 0 bridgehead atoms. The number of aliphatic hydroxyl groups is 4. The number of likely N-dealkylation sites (N-methyl/N-ethyl adjacent to an activating group) is 1. The molecule has 12 atom stereocenters. The van der Waals surface area contributed by atoms with Crippen LogP contribution >= 0.6 is 0 Å². The quantitative estimate of drug-likeness (QED) is 0.131. The molecule has 6 rings (SSSR count). The molecular weight excluding hydrogens is 829 g/mol. The number of allylic oxidation sites excluding steroid dienone is 3. The summed E-state index contributed by atoms with van der Waals surface area (Å²) in [5.74, 6) is -2.91. The Balaban J connectivity index is 1.35. The van der Waals surface area contributed by atoms with E-state index in [1.54, 1.807) is 61.9 Å². The van der Waals surface area contributed by atoms with Gasteiger partial charge in [-0.05, 0) is 95.6 Å². The fourth-order valence-electron chi connectivity index (χ4n) is 9.19. The minimum atomic E-state index is -1.28. The van der Waals surface area contributed by atoms with Gasteiger partial charge in [0.05, 0.1) is 66.6 Å². The Kier molecular flexibility index (Phi) is 17.7. The van der Waals surface area contributed by atoms with Crippen molar-refractivity contribution in [2.75, 3.05) is 27.2 Å². The molecule has 2 aromatic heterocycles. The van der Waals surface area contributed by atoms with Crippen LogP contribution in [0.1, 0.15) is 71.6 Å². The summed E-state index contributed by atoms with van der Waals surface area (Å²) < 4.78 is 20.7. The lowest BCUT2D eigenvalue weighted by Crippen LogP contribution is -2.63. The molecule has 15 heteroatoms. The summed E-state index contributed by atoms with van der Waals surface area (Å²) >= 11 is 0. The zero-order valence-electron chi connectivity index (χ0n) is 38.8. The number of esters is 1. The number of aromatic nitrogens is 4. The minimum absolute atomic E-state index is 0.110. The third-order valence-electron chi connectivity index (χ3n) is 13.0. The zero-order chi connectivity index (χ0) is 46.8. The van der Waals surface area contributed by atoms with E-state index in [0.717, 1.165) is 33.4 Å². The molecule has 2 aliphatic rings. The van der Waals surface area contributed by atoms with Crippen LogP contribution in [0.3, 0.4) is 0 Å². The maximum Gasteiger partial charge on any atom is 0.308 e. The zero-order valence-corrected chi connectivity index (χ0v) is 38.8. The maximum atomic E-state index is 14.0. The molecule has 4 heterocycles. The maximum absolute atomic E-state index is 14.0. The van der Waals surface area contributed by atoms with Crippen molar-refractivity contribution in [2.45, 2.75) is 122 Å². The van der Waals surface area contributed by atoms with E-state index in [2.05, 4.69) is 32.3 Å². The first-order valence-electron chi connectivity index (χ1n) is 22.9. The molecule has 0 saturated carbocycles. The van der Waals surface area contributed by atoms with E-state index in [9.17, 15) is 30.0 Å². The highest BCUT2D eigenvalue weighted by Gasteiger charge is 2.47. The molecule has 4 aromatic rings. The van der Waals surface area contributed by atoms with Crippen molar-refractivity contribution in [3.05, 3.63) is 108 Å². The van der Waals surface area contributed by atoms with Crippen LogP contribution in [0.5, 0.6) is 0 Å². The molecule has 2 aliphatic heterocycles. The molecule has 0 spiro atoms. The van der Waals surface area contributed by atoms with Crippen LogP contribution < -0.4 is 0 Å². The molecule has 4 N–H and O–H groups in total. The lowest BCUT2D eigenvalue weighted by molar-refractivity contribution is -0.304. The number of benzene rings is 2. The molecular formula is C50H68N6O9. The summed E-state index contributed by atoms with van der Waals surface area (Å²) in [6.45, 7) is 10.3. The molecule has 0 amide bonds. The molecule has 1 saturated heterocycles. The summed E-state index contributed by atoms with van der Waals surface area (Å²) in [6, 6.07) is 19.2. The molecule has 15 nitrogen and oxygen atoms in total. The predicted octanol–water partition coefficient (Wildman–Crippen LogP) is 5.03. The van der Waals surface area contributed by atoms with Gasteiger partial charge in [-0.1, -0.05) is 80.1 Å². The summed E-state index contributed by atoms with van der Waals surface area (Å²) in [5.41, 5.74) is 4.30. The van der Waals surface area contributed by atoms with Crippen LogP contribution in [0.25, 0.3) is 16.6 Å². The van der Waals surface area contributed by atoms with Gasteiger partial charge in [-0.25, -0.2) is 4.68 Å². The number of fused-ring (bicyclic) bond motifs is 1. The molecule has 65 heavy (non-hydrogen) atoms. The number of cyclic esters (lactones) is 1. The predicted molar refractivity (Wildman–Crippen MR) is 246 cm³/mol. The van der Waals surface area contributed by atoms with E-state index < -0.39 is 78.6 Å². The Labute approximate surface area is 382 Å². The van der Waals surface area contributed by atoms with Gasteiger partial charge in [0.1, 0.15) is 12.2 Å². The highest BCUT2D eigenvalue weighted by Crippen LogP contribution is 2.35. The van der Waals surface area contributed by atoms with E-state index in [1.165, 1.54) is 0 Å². The third-order valence-corrected chi connectivity index (χ3v) is 13.0. The smallest absolute Gasteiger partial charge is 0.308 e. The van der Waals surface area contributed by atoms with Gasteiger partial charge >= 0.3 is 5.97 Å². The van der Waals surface area contributed by atoms with Crippen LogP contribution in [0.2, 0.25) is 0 Å². The van der Waals surface area contributed by atoms with Crippen LogP contribution in [0.15, 0.2) is 96.9 Å². The Bertz CT molecular complexity index is 2220. The average Bonchev–Trinajstić information content (AvgIpc) is 3.76. The van der Waals surface area contributed by atoms with Crippen LogP contribution in [-0.4, -0.2) is 138 Å². The Morgan fingerprint density at radius 3 is 2.45 bits per heavy atom. The number of ether oxygens (including phenoxy) is 3. The lowest BCUT2D eigenvalue weighted by atomic mass is 9.79. The van der Waals surface area contributed by atoms with Gasteiger partial charge in [-0.15, -0.1) is 5.10 Å². The summed E-state index contributed by atoms with van der Waals surface area (Å²) in [5, 5.41) is 55.1. The van der Waals surface area contributed by atoms with Crippen molar-refractivity contribution in [3.63, 3.8) is 0 Å². The number of rotatable bonds is 13. The summed E-state index contributed by atoms with van der Waals surface area (Å²) in [4.78, 5) is 36.0. The highest BCUT2D eigenvalue weighted by atomic mass is 16.7. The SMILES string of the molecule is CC[C@H]1OC(=O)C[C@@H](O)[C@H](C)[C@@H](O[C@@H]2O[C@H](C)[C@@H](O)C(N(C)C)C2O)[C@@H](CCN(Cc2ccccc2)Cc2cn(-c3ccc4ncccc4c3)nn2)C[C@@H](C)C(=O)/C=C/C(C)=C/[C@@H]1CO. The van der Waals surface area contributed by atoms with Gasteiger partial charge < -0.3 is 39.5 Å². The van der Waals surface area contributed by atoms with E-state index in [1.807, 2.05) is 75.5 Å². The average molecular weight is 897 g/mol. The van der Waals surface area contributed by atoms with Crippen LogP contribution in [-0.2, 0) is 36.9 Å². The fourth-order valence-corrected chi connectivity index (χ4v) is 9.19. The number of nitrogens with zero attached hydrogens (tertiary/aromatic N) is 6. The first kappa shape index (κ1) is 49.7.